The Bertz CT molecular complexity index is 701. The average molecular weight is 328 g/mol. The van der Waals surface area contributed by atoms with Gasteiger partial charge < -0.3 is 15.4 Å². The Morgan fingerprint density at radius 1 is 1.21 bits per heavy atom. The van der Waals surface area contributed by atoms with Crippen molar-refractivity contribution in [3.63, 3.8) is 0 Å². The van der Waals surface area contributed by atoms with Gasteiger partial charge in [0.15, 0.2) is 0 Å². The zero-order valence-electron chi connectivity index (χ0n) is 14.0. The molecule has 4 rings (SSSR count). The number of aryl methyl sites for hydroxylation is 1. The fourth-order valence-corrected chi connectivity index (χ4v) is 3.78. The number of nitrogens with one attached hydrogen (secondary N) is 1. The largest absolute Gasteiger partial charge is 0.381 e. The predicted octanol–water partition coefficient (Wildman–Crippen LogP) is 1.98. The third-order valence-electron chi connectivity index (χ3n) is 5.19. The van der Waals surface area contributed by atoms with Crippen LogP contribution < -0.4 is 10.6 Å². The van der Waals surface area contributed by atoms with Crippen molar-refractivity contribution >= 4 is 11.8 Å². The van der Waals surface area contributed by atoms with Gasteiger partial charge in [0.1, 0.15) is 5.82 Å². The van der Waals surface area contributed by atoms with Crippen LogP contribution in [0.15, 0.2) is 12.3 Å². The van der Waals surface area contributed by atoms with Crippen LogP contribution in [-0.2, 0) is 4.74 Å². The topological polar surface area (TPSA) is 93.0 Å². The van der Waals surface area contributed by atoms with Crippen LogP contribution in [0.2, 0.25) is 0 Å². The monoisotopic (exact) mass is 328 g/mol. The summed E-state index contributed by atoms with van der Waals surface area (Å²) < 4.78 is 5.48. The summed E-state index contributed by atoms with van der Waals surface area (Å²) in [5.41, 5.74) is 9.50. The second kappa shape index (κ2) is 6.39. The average Bonchev–Trinajstić information content (AvgIpc) is 3.26. The molecule has 0 saturated carbocycles. The highest BCUT2D eigenvalue weighted by Gasteiger charge is 2.26. The van der Waals surface area contributed by atoms with Crippen LogP contribution in [0.5, 0.6) is 0 Å². The Hall–Kier alpha value is -2.15. The summed E-state index contributed by atoms with van der Waals surface area (Å²) in [5.74, 6) is 2.20. The lowest BCUT2D eigenvalue weighted by Crippen LogP contribution is -2.34. The van der Waals surface area contributed by atoms with Crippen molar-refractivity contribution in [2.75, 3.05) is 36.9 Å². The Morgan fingerprint density at radius 3 is 2.71 bits per heavy atom. The van der Waals surface area contributed by atoms with Gasteiger partial charge in [-0.2, -0.15) is 10.1 Å². The van der Waals surface area contributed by atoms with E-state index in [0.29, 0.717) is 17.8 Å². The van der Waals surface area contributed by atoms with Gasteiger partial charge in [0.05, 0.1) is 18.5 Å². The lowest BCUT2D eigenvalue weighted by atomic mass is 9.91. The van der Waals surface area contributed by atoms with E-state index in [1.54, 1.807) is 0 Å². The van der Waals surface area contributed by atoms with Gasteiger partial charge in [0.2, 0.25) is 5.95 Å². The predicted molar refractivity (Wildman–Crippen MR) is 92.1 cm³/mol. The van der Waals surface area contributed by atoms with Gasteiger partial charge >= 0.3 is 0 Å². The van der Waals surface area contributed by atoms with Crippen molar-refractivity contribution in [3.8, 4) is 0 Å². The normalized spacial score (nSPS) is 22.2. The SMILES string of the molecule is Cc1cn[nH]c1C1CCN(c2cc([C@@H]3CCOC3)nc(N)n2)CC1. The molecule has 7 heteroatoms. The summed E-state index contributed by atoms with van der Waals surface area (Å²) in [7, 11) is 0. The fraction of sp³-hybridized carbons (Fsp3) is 0.588. The van der Waals surface area contributed by atoms with Crippen LogP contribution in [0.1, 0.15) is 48.0 Å². The first-order chi connectivity index (χ1) is 11.7. The Kier molecular flexibility index (Phi) is 4.10. The first-order valence-electron chi connectivity index (χ1n) is 8.67. The smallest absolute Gasteiger partial charge is 0.222 e. The van der Waals surface area contributed by atoms with Crippen LogP contribution in [0.25, 0.3) is 0 Å². The molecular weight excluding hydrogens is 304 g/mol. The van der Waals surface area contributed by atoms with E-state index < -0.39 is 0 Å². The second-order valence-corrected chi connectivity index (χ2v) is 6.80. The molecule has 2 fully saturated rings. The molecular formula is C17H24N6O. The first-order valence-corrected chi connectivity index (χ1v) is 8.67. The highest BCUT2D eigenvalue weighted by atomic mass is 16.5. The molecule has 0 bridgehead atoms. The molecule has 2 aliphatic heterocycles. The van der Waals surface area contributed by atoms with Gasteiger partial charge in [-0.25, -0.2) is 4.98 Å². The highest BCUT2D eigenvalue weighted by Crippen LogP contribution is 2.32. The standard InChI is InChI=1S/C17H24N6O/c1-11-9-19-22-16(11)12-2-5-23(6-3-12)15-8-14(20-17(18)21-15)13-4-7-24-10-13/h8-9,12-13H,2-7,10H2,1H3,(H,19,22)(H2,18,20,21)/t13-/m1/s1. The molecule has 0 spiro atoms. The number of rotatable bonds is 3. The van der Waals surface area contributed by atoms with E-state index in [2.05, 4.69) is 38.1 Å². The second-order valence-electron chi connectivity index (χ2n) is 6.80. The Balaban J connectivity index is 1.48. The van der Waals surface area contributed by atoms with E-state index in [-0.39, 0.29) is 0 Å². The summed E-state index contributed by atoms with van der Waals surface area (Å²) in [6.07, 6.45) is 5.10. The zero-order valence-corrected chi connectivity index (χ0v) is 14.0. The highest BCUT2D eigenvalue weighted by molar-refractivity contribution is 5.45. The van der Waals surface area contributed by atoms with Crippen molar-refractivity contribution in [2.24, 2.45) is 0 Å². The molecule has 3 N–H and O–H groups in total. The molecule has 2 aromatic rings. The fourth-order valence-electron chi connectivity index (χ4n) is 3.78. The minimum absolute atomic E-state index is 0.347. The molecule has 24 heavy (non-hydrogen) atoms. The molecule has 4 heterocycles. The number of aromatic amines is 1. The zero-order chi connectivity index (χ0) is 16.5. The van der Waals surface area contributed by atoms with Gasteiger partial charge in [-0.3, -0.25) is 5.10 Å². The summed E-state index contributed by atoms with van der Waals surface area (Å²) in [6.45, 7) is 5.60. The van der Waals surface area contributed by atoms with E-state index in [4.69, 9.17) is 10.5 Å². The van der Waals surface area contributed by atoms with Crippen LogP contribution in [0.3, 0.4) is 0 Å². The maximum absolute atomic E-state index is 5.96. The number of aromatic nitrogens is 4. The quantitative estimate of drug-likeness (QED) is 0.895. The summed E-state index contributed by atoms with van der Waals surface area (Å²) in [5, 5.41) is 7.31. The molecule has 1 atom stereocenters. The first kappa shape index (κ1) is 15.4. The molecule has 7 nitrogen and oxygen atoms in total. The molecule has 128 valence electrons. The van der Waals surface area contributed by atoms with E-state index in [1.807, 2.05) is 6.20 Å². The molecule has 2 aromatic heterocycles. The minimum atomic E-state index is 0.347. The van der Waals surface area contributed by atoms with Crippen molar-refractivity contribution < 1.29 is 4.74 Å². The van der Waals surface area contributed by atoms with Gasteiger partial charge in [-0.05, 0) is 31.7 Å². The van der Waals surface area contributed by atoms with E-state index >= 15 is 0 Å². The van der Waals surface area contributed by atoms with Crippen LogP contribution >= 0.6 is 0 Å². The third-order valence-corrected chi connectivity index (χ3v) is 5.19. The van der Waals surface area contributed by atoms with Gasteiger partial charge in [-0.15, -0.1) is 0 Å². The molecule has 0 unspecified atom stereocenters. The molecule has 0 radical (unpaired) electrons. The number of nitrogens with two attached hydrogens (primary N) is 1. The lowest BCUT2D eigenvalue weighted by Gasteiger charge is -2.33. The van der Waals surface area contributed by atoms with Crippen molar-refractivity contribution in [1.82, 2.24) is 20.2 Å². The molecule has 0 aromatic carbocycles. The van der Waals surface area contributed by atoms with Crippen molar-refractivity contribution in [3.05, 3.63) is 29.2 Å². The van der Waals surface area contributed by atoms with E-state index in [9.17, 15) is 0 Å². The number of piperidine rings is 1. The van der Waals surface area contributed by atoms with E-state index in [1.165, 1.54) is 11.3 Å². The van der Waals surface area contributed by atoms with Crippen LogP contribution in [0.4, 0.5) is 11.8 Å². The van der Waals surface area contributed by atoms with E-state index in [0.717, 1.165) is 57.1 Å². The van der Waals surface area contributed by atoms with Gasteiger partial charge in [0.25, 0.3) is 0 Å². The molecule has 0 amide bonds. The molecule has 0 aliphatic carbocycles. The lowest BCUT2D eigenvalue weighted by molar-refractivity contribution is 0.193. The Labute approximate surface area is 141 Å². The maximum Gasteiger partial charge on any atom is 0.222 e. The van der Waals surface area contributed by atoms with Crippen molar-refractivity contribution in [2.45, 2.75) is 38.0 Å². The number of H-pyrrole nitrogens is 1. The summed E-state index contributed by atoms with van der Waals surface area (Å²) in [4.78, 5) is 11.2. The molecule has 2 saturated heterocycles. The number of hydrogen-bond acceptors (Lipinski definition) is 6. The number of nitrogens with zero attached hydrogens (tertiary/aromatic N) is 4. The Morgan fingerprint density at radius 2 is 2.04 bits per heavy atom. The van der Waals surface area contributed by atoms with Crippen molar-refractivity contribution in [1.29, 1.82) is 0 Å². The minimum Gasteiger partial charge on any atom is -0.381 e. The molecule has 2 aliphatic rings. The number of ether oxygens (including phenoxy) is 1. The summed E-state index contributed by atoms with van der Waals surface area (Å²) in [6, 6.07) is 2.09. The number of hydrogen-bond donors (Lipinski definition) is 2. The maximum atomic E-state index is 5.96. The number of nitrogen functional groups attached to an aromatic ring is 1. The van der Waals surface area contributed by atoms with Crippen LogP contribution in [0, 0.1) is 6.92 Å². The van der Waals surface area contributed by atoms with Gasteiger partial charge in [0, 0.05) is 43.3 Å². The third kappa shape index (κ3) is 2.96. The van der Waals surface area contributed by atoms with Crippen LogP contribution in [-0.4, -0.2) is 46.5 Å². The number of anilines is 2. The van der Waals surface area contributed by atoms with Gasteiger partial charge in [-0.1, -0.05) is 0 Å². The summed E-state index contributed by atoms with van der Waals surface area (Å²) >= 11 is 0.